The Morgan fingerprint density at radius 1 is 1.03 bits per heavy atom. The monoisotopic (exact) mass is 418 g/mol. The number of hydrogen-bond donors (Lipinski definition) is 0. The van der Waals surface area contributed by atoms with Crippen LogP contribution in [0.2, 0.25) is 0 Å². The molecule has 4 aromatic rings. The topological polar surface area (TPSA) is 76.8 Å². The fourth-order valence-corrected chi connectivity index (χ4v) is 4.69. The first-order chi connectivity index (χ1) is 14.6. The molecule has 0 spiro atoms. The van der Waals surface area contributed by atoms with Gasteiger partial charge in [-0.15, -0.1) is 5.10 Å². The molecule has 0 bridgehead atoms. The predicted molar refractivity (Wildman–Crippen MR) is 116 cm³/mol. The Hall–Kier alpha value is -3.52. The van der Waals surface area contributed by atoms with Gasteiger partial charge in [0, 0.05) is 17.7 Å². The molecule has 3 heterocycles. The molecule has 1 aliphatic heterocycles. The Morgan fingerprint density at radius 3 is 2.50 bits per heavy atom. The van der Waals surface area contributed by atoms with Gasteiger partial charge in [-0.05, 0) is 44.2 Å². The number of thiazole rings is 1. The maximum Gasteiger partial charge on any atom is 0.291 e. The Bertz CT molecular complexity index is 1390. The van der Waals surface area contributed by atoms with Gasteiger partial charge in [0.2, 0.25) is 4.96 Å². The SMILES string of the molecule is CCOc1ccc(-c2nc3sc(=C4C(=O)N(CC)c5ccccc54)c(=O)n3n2)cc1. The summed E-state index contributed by atoms with van der Waals surface area (Å²) in [6.07, 6.45) is 0. The second-order valence-electron chi connectivity index (χ2n) is 6.77. The number of anilines is 1. The largest absolute Gasteiger partial charge is 0.494 e. The second-order valence-corrected chi connectivity index (χ2v) is 7.74. The van der Waals surface area contributed by atoms with Crippen LogP contribution in [0.1, 0.15) is 19.4 Å². The highest BCUT2D eigenvalue weighted by atomic mass is 32.1. The molecule has 1 amide bonds. The molecule has 0 saturated carbocycles. The van der Waals surface area contributed by atoms with Gasteiger partial charge >= 0.3 is 0 Å². The zero-order chi connectivity index (χ0) is 20.8. The summed E-state index contributed by atoms with van der Waals surface area (Å²) in [5, 5.41) is 4.39. The van der Waals surface area contributed by atoms with Crippen molar-refractivity contribution in [3.8, 4) is 17.1 Å². The molecule has 1 aliphatic rings. The van der Waals surface area contributed by atoms with Gasteiger partial charge in [0.05, 0.1) is 17.9 Å². The molecule has 8 heteroatoms. The molecule has 0 fully saturated rings. The lowest BCUT2D eigenvalue weighted by Crippen LogP contribution is -2.32. The minimum atomic E-state index is -0.323. The van der Waals surface area contributed by atoms with E-state index in [2.05, 4.69) is 10.1 Å². The summed E-state index contributed by atoms with van der Waals surface area (Å²) in [4.78, 5) is 32.8. The van der Waals surface area contributed by atoms with Crippen LogP contribution >= 0.6 is 11.3 Å². The van der Waals surface area contributed by atoms with E-state index in [-0.39, 0.29) is 11.5 Å². The number of benzene rings is 2. The number of aromatic nitrogens is 3. The average Bonchev–Trinajstić information content (AvgIpc) is 3.39. The van der Waals surface area contributed by atoms with E-state index in [1.54, 1.807) is 4.90 Å². The Kier molecular flexibility index (Phi) is 4.36. The summed E-state index contributed by atoms with van der Waals surface area (Å²) >= 11 is 1.20. The number of carbonyl (C=O) groups is 1. The summed E-state index contributed by atoms with van der Waals surface area (Å²) in [6, 6.07) is 15.0. The Labute approximate surface area is 175 Å². The molecule has 150 valence electrons. The van der Waals surface area contributed by atoms with Crippen molar-refractivity contribution >= 4 is 33.5 Å². The molecular formula is C22H18N4O3S. The van der Waals surface area contributed by atoms with Crippen LogP contribution in [0.4, 0.5) is 5.69 Å². The van der Waals surface area contributed by atoms with E-state index in [1.165, 1.54) is 15.9 Å². The van der Waals surface area contributed by atoms with E-state index in [0.717, 1.165) is 22.6 Å². The number of fused-ring (bicyclic) bond motifs is 2. The molecule has 2 aromatic carbocycles. The van der Waals surface area contributed by atoms with Crippen molar-refractivity contribution in [2.45, 2.75) is 13.8 Å². The minimum absolute atomic E-state index is 0.160. The fraction of sp³-hybridized carbons (Fsp3) is 0.182. The smallest absolute Gasteiger partial charge is 0.291 e. The van der Waals surface area contributed by atoms with E-state index in [0.29, 0.717) is 34.0 Å². The van der Waals surface area contributed by atoms with Gasteiger partial charge in [-0.1, -0.05) is 29.5 Å². The van der Waals surface area contributed by atoms with Crippen molar-refractivity contribution in [1.29, 1.82) is 0 Å². The van der Waals surface area contributed by atoms with Gasteiger partial charge in [-0.2, -0.15) is 9.50 Å². The van der Waals surface area contributed by atoms with Crippen molar-refractivity contribution in [1.82, 2.24) is 14.6 Å². The highest BCUT2D eigenvalue weighted by molar-refractivity contribution is 7.15. The molecule has 0 aliphatic carbocycles. The first-order valence-corrected chi connectivity index (χ1v) is 10.5. The van der Waals surface area contributed by atoms with E-state index in [1.807, 2.05) is 62.4 Å². The van der Waals surface area contributed by atoms with Gasteiger partial charge in [0.15, 0.2) is 5.82 Å². The van der Waals surface area contributed by atoms with Crippen LogP contribution < -0.4 is 19.7 Å². The molecule has 0 N–H and O–H groups in total. The van der Waals surface area contributed by atoms with Crippen LogP contribution in [0.25, 0.3) is 21.9 Å². The van der Waals surface area contributed by atoms with Gasteiger partial charge in [-0.3, -0.25) is 9.59 Å². The lowest BCUT2D eigenvalue weighted by Gasteiger charge is -2.13. The summed E-state index contributed by atoms with van der Waals surface area (Å²) in [6.45, 7) is 4.98. The molecular weight excluding hydrogens is 400 g/mol. The molecule has 2 aromatic heterocycles. The third-order valence-corrected chi connectivity index (χ3v) is 6.08. The fourth-order valence-electron chi connectivity index (χ4n) is 3.69. The third-order valence-electron chi connectivity index (χ3n) is 5.05. The predicted octanol–water partition coefficient (Wildman–Crippen LogP) is 2.50. The number of amides is 1. The quantitative estimate of drug-likeness (QED) is 0.509. The number of likely N-dealkylation sites (N-methyl/N-ethyl adjacent to an activating group) is 1. The Morgan fingerprint density at radius 2 is 1.80 bits per heavy atom. The number of nitrogens with zero attached hydrogens (tertiary/aromatic N) is 4. The van der Waals surface area contributed by atoms with Crippen molar-refractivity contribution < 1.29 is 9.53 Å². The van der Waals surface area contributed by atoms with E-state index >= 15 is 0 Å². The van der Waals surface area contributed by atoms with Gasteiger partial charge in [0.25, 0.3) is 11.5 Å². The number of hydrogen-bond acceptors (Lipinski definition) is 6. The van der Waals surface area contributed by atoms with Crippen LogP contribution in [-0.4, -0.2) is 33.7 Å². The third kappa shape index (κ3) is 2.72. The van der Waals surface area contributed by atoms with E-state index in [4.69, 9.17) is 4.74 Å². The lowest BCUT2D eigenvalue weighted by molar-refractivity contribution is -0.113. The van der Waals surface area contributed by atoms with Crippen molar-refractivity contribution in [2.75, 3.05) is 18.1 Å². The lowest BCUT2D eigenvalue weighted by atomic mass is 10.1. The zero-order valence-electron chi connectivity index (χ0n) is 16.5. The highest BCUT2D eigenvalue weighted by Gasteiger charge is 2.33. The van der Waals surface area contributed by atoms with Crippen molar-refractivity contribution in [3.05, 3.63) is 69.0 Å². The summed E-state index contributed by atoms with van der Waals surface area (Å²) < 4.78 is 7.11. The van der Waals surface area contributed by atoms with Gasteiger partial charge < -0.3 is 9.64 Å². The maximum absolute atomic E-state index is 13.1. The number of ether oxygens (including phenoxy) is 1. The molecule has 5 rings (SSSR count). The molecule has 0 saturated heterocycles. The summed E-state index contributed by atoms with van der Waals surface area (Å²) in [5.74, 6) is 1.07. The van der Waals surface area contributed by atoms with Crippen LogP contribution in [0.3, 0.4) is 0 Å². The highest BCUT2D eigenvalue weighted by Crippen LogP contribution is 2.34. The first-order valence-electron chi connectivity index (χ1n) is 9.70. The summed E-state index contributed by atoms with van der Waals surface area (Å²) in [7, 11) is 0. The Balaban J connectivity index is 1.65. The number of para-hydroxylation sites is 1. The van der Waals surface area contributed by atoms with Crippen molar-refractivity contribution in [2.24, 2.45) is 0 Å². The average molecular weight is 418 g/mol. The molecule has 30 heavy (non-hydrogen) atoms. The molecule has 0 atom stereocenters. The van der Waals surface area contributed by atoms with Gasteiger partial charge in [0.1, 0.15) is 10.3 Å². The van der Waals surface area contributed by atoms with Crippen LogP contribution in [0.5, 0.6) is 5.75 Å². The second kappa shape index (κ2) is 7.07. The molecule has 7 nitrogen and oxygen atoms in total. The van der Waals surface area contributed by atoms with Crippen LogP contribution in [0.15, 0.2) is 53.3 Å². The van der Waals surface area contributed by atoms with Gasteiger partial charge in [-0.25, -0.2) is 0 Å². The van der Waals surface area contributed by atoms with E-state index < -0.39 is 0 Å². The molecule has 0 radical (unpaired) electrons. The first kappa shape index (κ1) is 18.5. The number of rotatable bonds is 4. The maximum atomic E-state index is 13.1. The van der Waals surface area contributed by atoms with Crippen LogP contribution in [0, 0.1) is 0 Å². The normalized spacial score (nSPS) is 15.1. The standard InChI is InChI=1S/C22H18N4O3S/c1-3-25-16-8-6-5-7-15(16)17(20(25)27)18-21(28)26-22(30-18)23-19(24-26)13-9-11-14(12-10-13)29-4-2/h5-12H,3-4H2,1-2H3. The zero-order valence-corrected chi connectivity index (χ0v) is 17.3. The summed E-state index contributed by atoms with van der Waals surface area (Å²) in [5.41, 5.74) is 2.50. The van der Waals surface area contributed by atoms with E-state index in [9.17, 15) is 9.59 Å². The number of carbonyl (C=O) groups excluding carboxylic acids is 1. The minimum Gasteiger partial charge on any atom is -0.494 e. The van der Waals surface area contributed by atoms with Crippen molar-refractivity contribution in [3.63, 3.8) is 0 Å². The van der Waals surface area contributed by atoms with Crippen LogP contribution in [-0.2, 0) is 4.79 Å². The molecule has 0 unspecified atom stereocenters.